The van der Waals surface area contributed by atoms with Crippen molar-refractivity contribution in [1.82, 2.24) is 0 Å². The number of hydrogen-bond acceptors (Lipinski definition) is 3. The second-order valence-electron chi connectivity index (χ2n) is 1.98. The first kappa shape index (κ1) is 9.68. The van der Waals surface area contributed by atoms with Gasteiger partial charge in [0.25, 0.3) is 6.47 Å². The predicted molar refractivity (Wildman–Crippen MR) is 38.0 cm³/mol. The SMILES string of the molecule is C=C(CCCOC=O)C(=O)O. The smallest absolute Gasteiger partial charge is 0.330 e. The van der Waals surface area contributed by atoms with E-state index in [-0.39, 0.29) is 12.2 Å². The Kier molecular flexibility index (Phi) is 4.81. The largest absolute Gasteiger partial charge is 0.478 e. The molecule has 11 heavy (non-hydrogen) atoms. The summed E-state index contributed by atoms with van der Waals surface area (Å²) in [5.74, 6) is -1.00. The fraction of sp³-hybridized carbons (Fsp3) is 0.429. The number of carboxylic acids is 1. The highest BCUT2D eigenvalue weighted by Crippen LogP contribution is 2.01. The summed E-state index contributed by atoms with van der Waals surface area (Å²) in [5.41, 5.74) is 0.138. The van der Waals surface area contributed by atoms with Crippen molar-refractivity contribution in [2.45, 2.75) is 12.8 Å². The molecule has 0 aromatic heterocycles. The maximum absolute atomic E-state index is 10.2. The molecule has 0 aromatic carbocycles. The lowest BCUT2D eigenvalue weighted by Crippen LogP contribution is -2.00. The molecule has 0 aliphatic carbocycles. The highest BCUT2D eigenvalue weighted by molar-refractivity contribution is 5.85. The maximum atomic E-state index is 10.2. The second kappa shape index (κ2) is 5.46. The van der Waals surface area contributed by atoms with Crippen LogP contribution in [0.2, 0.25) is 0 Å². The standard InChI is InChI=1S/C7H10O4/c1-6(7(9)10)3-2-4-11-5-8/h5H,1-4H2,(H,9,10). The molecule has 0 radical (unpaired) electrons. The van der Waals surface area contributed by atoms with Gasteiger partial charge in [-0.3, -0.25) is 4.79 Å². The van der Waals surface area contributed by atoms with E-state index in [2.05, 4.69) is 11.3 Å². The van der Waals surface area contributed by atoms with Crippen molar-refractivity contribution in [3.05, 3.63) is 12.2 Å². The summed E-state index contributed by atoms with van der Waals surface area (Å²) in [6.45, 7) is 3.89. The summed E-state index contributed by atoms with van der Waals surface area (Å²) in [5, 5.41) is 8.33. The summed E-state index contributed by atoms with van der Waals surface area (Å²) >= 11 is 0. The van der Waals surface area contributed by atoms with Crippen LogP contribution in [-0.4, -0.2) is 24.2 Å². The van der Waals surface area contributed by atoms with E-state index in [1.54, 1.807) is 0 Å². The van der Waals surface area contributed by atoms with Crippen LogP contribution in [0.4, 0.5) is 0 Å². The average molecular weight is 158 g/mol. The molecule has 0 amide bonds. The molecule has 0 aromatic rings. The van der Waals surface area contributed by atoms with E-state index in [0.29, 0.717) is 19.3 Å². The summed E-state index contributed by atoms with van der Waals surface area (Å²) in [7, 11) is 0. The van der Waals surface area contributed by atoms with Crippen molar-refractivity contribution >= 4 is 12.4 Å². The molecule has 0 atom stereocenters. The highest BCUT2D eigenvalue weighted by Gasteiger charge is 2.02. The Morgan fingerprint density at radius 2 is 2.27 bits per heavy atom. The first-order chi connectivity index (χ1) is 5.18. The quantitative estimate of drug-likeness (QED) is 0.349. The van der Waals surface area contributed by atoms with Crippen LogP contribution in [-0.2, 0) is 14.3 Å². The van der Waals surface area contributed by atoms with E-state index >= 15 is 0 Å². The zero-order chi connectivity index (χ0) is 8.69. The van der Waals surface area contributed by atoms with Crippen molar-refractivity contribution < 1.29 is 19.4 Å². The minimum atomic E-state index is -1.00. The van der Waals surface area contributed by atoms with Crippen molar-refractivity contribution in [2.24, 2.45) is 0 Å². The van der Waals surface area contributed by atoms with E-state index in [1.807, 2.05) is 0 Å². The van der Waals surface area contributed by atoms with E-state index < -0.39 is 5.97 Å². The molecule has 0 aliphatic heterocycles. The van der Waals surface area contributed by atoms with Gasteiger partial charge in [-0.05, 0) is 12.8 Å². The van der Waals surface area contributed by atoms with Gasteiger partial charge in [0.1, 0.15) is 0 Å². The predicted octanol–water partition coefficient (Wildman–Crippen LogP) is 0.580. The van der Waals surface area contributed by atoms with E-state index in [0.717, 1.165) is 0 Å². The van der Waals surface area contributed by atoms with E-state index in [1.165, 1.54) is 0 Å². The van der Waals surface area contributed by atoms with Gasteiger partial charge in [0.15, 0.2) is 0 Å². The molecule has 0 unspecified atom stereocenters. The molecular formula is C7H10O4. The molecule has 0 rings (SSSR count). The monoisotopic (exact) mass is 158 g/mol. The van der Waals surface area contributed by atoms with Gasteiger partial charge in [0.2, 0.25) is 0 Å². The van der Waals surface area contributed by atoms with Gasteiger partial charge < -0.3 is 9.84 Å². The molecule has 0 saturated heterocycles. The zero-order valence-electron chi connectivity index (χ0n) is 6.08. The van der Waals surface area contributed by atoms with Crippen LogP contribution in [0.1, 0.15) is 12.8 Å². The van der Waals surface area contributed by atoms with Gasteiger partial charge in [0, 0.05) is 5.57 Å². The molecule has 0 bridgehead atoms. The van der Waals surface area contributed by atoms with Crippen LogP contribution >= 0.6 is 0 Å². The lowest BCUT2D eigenvalue weighted by molar-refractivity contribution is -0.132. The van der Waals surface area contributed by atoms with Gasteiger partial charge in [-0.25, -0.2) is 4.79 Å². The highest BCUT2D eigenvalue weighted by atomic mass is 16.5. The molecule has 0 saturated carbocycles. The van der Waals surface area contributed by atoms with Gasteiger partial charge in [0.05, 0.1) is 6.61 Å². The minimum Gasteiger partial charge on any atom is -0.478 e. The van der Waals surface area contributed by atoms with E-state index in [4.69, 9.17) is 5.11 Å². The van der Waals surface area contributed by atoms with Crippen LogP contribution < -0.4 is 0 Å². The third kappa shape index (κ3) is 5.14. The summed E-state index contributed by atoms with van der Waals surface area (Å²) < 4.78 is 4.35. The molecule has 4 heteroatoms. The van der Waals surface area contributed by atoms with Crippen molar-refractivity contribution in [1.29, 1.82) is 0 Å². The second-order valence-corrected chi connectivity index (χ2v) is 1.98. The molecule has 0 fully saturated rings. The third-order valence-corrected chi connectivity index (χ3v) is 1.11. The topological polar surface area (TPSA) is 63.6 Å². The minimum absolute atomic E-state index is 0.138. The van der Waals surface area contributed by atoms with Crippen LogP contribution in [0.5, 0.6) is 0 Å². The normalized spacial score (nSPS) is 8.73. The van der Waals surface area contributed by atoms with Gasteiger partial charge >= 0.3 is 5.97 Å². The molecule has 0 spiro atoms. The molecule has 1 N–H and O–H groups in total. The Labute approximate surface area is 64.5 Å². The number of carboxylic acid groups (broad SMARTS) is 1. The number of rotatable bonds is 6. The Hall–Kier alpha value is -1.32. The van der Waals surface area contributed by atoms with Crippen LogP contribution in [0.3, 0.4) is 0 Å². The number of hydrogen-bond donors (Lipinski definition) is 1. The molecule has 62 valence electrons. The van der Waals surface area contributed by atoms with Crippen LogP contribution in [0.15, 0.2) is 12.2 Å². The lowest BCUT2D eigenvalue weighted by atomic mass is 10.2. The van der Waals surface area contributed by atoms with Crippen molar-refractivity contribution in [2.75, 3.05) is 6.61 Å². The Morgan fingerprint density at radius 1 is 1.64 bits per heavy atom. The van der Waals surface area contributed by atoms with E-state index in [9.17, 15) is 9.59 Å². The van der Waals surface area contributed by atoms with Crippen LogP contribution in [0, 0.1) is 0 Å². The number of carbonyl (C=O) groups is 2. The Morgan fingerprint density at radius 3 is 2.73 bits per heavy atom. The average Bonchev–Trinajstić information content (AvgIpc) is 1.97. The fourth-order valence-corrected chi connectivity index (χ4v) is 0.524. The molecule has 0 heterocycles. The summed E-state index contributed by atoms with van der Waals surface area (Å²) in [4.78, 5) is 19.8. The van der Waals surface area contributed by atoms with Crippen LogP contribution in [0.25, 0.3) is 0 Å². The Balaban J connectivity index is 3.31. The maximum Gasteiger partial charge on any atom is 0.330 e. The fourth-order valence-electron chi connectivity index (χ4n) is 0.524. The van der Waals surface area contributed by atoms with Gasteiger partial charge in [-0.15, -0.1) is 0 Å². The Bertz CT molecular complexity index is 162. The summed E-state index contributed by atoms with van der Waals surface area (Å²) in [6, 6.07) is 0. The first-order valence-electron chi connectivity index (χ1n) is 3.14. The molecular weight excluding hydrogens is 148 g/mol. The third-order valence-electron chi connectivity index (χ3n) is 1.11. The van der Waals surface area contributed by atoms with Gasteiger partial charge in [-0.1, -0.05) is 6.58 Å². The molecule has 0 aliphatic rings. The number of carbonyl (C=O) groups excluding carboxylic acids is 1. The first-order valence-corrected chi connectivity index (χ1v) is 3.14. The number of ether oxygens (including phenoxy) is 1. The van der Waals surface area contributed by atoms with Crippen molar-refractivity contribution in [3.8, 4) is 0 Å². The van der Waals surface area contributed by atoms with Crippen molar-refractivity contribution in [3.63, 3.8) is 0 Å². The summed E-state index contributed by atoms with van der Waals surface area (Å²) in [6.07, 6.45) is 0.854. The number of aliphatic carboxylic acids is 1. The lowest BCUT2D eigenvalue weighted by Gasteiger charge is -1.98. The zero-order valence-corrected chi connectivity index (χ0v) is 6.08. The molecule has 4 nitrogen and oxygen atoms in total. The van der Waals surface area contributed by atoms with Gasteiger partial charge in [-0.2, -0.15) is 0 Å².